The highest BCUT2D eigenvalue weighted by molar-refractivity contribution is 6.42. The van der Waals surface area contributed by atoms with E-state index in [9.17, 15) is 9.90 Å². The molecule has 8 nitrogen and oxygen atoms in total. The van der Waals surface area contributed by atoms with Crippen molar-refractivity contribution in [1.29, 1.82) is 0 Å². The number of likely N-dealkylation sites (tertiary alicyclic amines) is 1. The SMILES string of the molecule is Nc1nnc(C(=O)N2CCC([C@@H](N)c3cc(Cl)c(Cl)cc3O)CC2)o1. The monoisotopic (exact) mass is 385 g/mol. The number of piperidine rings is 1. The van der Waals surface area contributed by atoms with Crippen molar-refractivity contribution in [2.45, 2.75) is 18.9 Å². The van der Waals surface area contributed by atoms with Crippen LogP contribution in [0.4, 0.5) is 6.01 Å². The largest absolute Gasteiger partial charge is 0.508 e. The maximum atomic E-state index is 12.3. The summed E-state index contributed by atoms with van der Waals surface area (Å²) in [4.78, 5) is 13.9. The molecule has 1 amide bonds. The zero-order valence-corrected chi connectivity index (χ0v) is 14.7. The minimum Gasteiger partial charge on any atom is -0.508 e. The summed E-state index contributed by atoms with van der Waals surface area (Å²) >= 11 is 11.9. The molecule has 134 valence electrons. The number of nitrogen functional groups attached to an aromatic ring is 1. The van der Waals surface area contributed by atoms with Gasteiger partial charge in [0.05, 0.1) is 10.0 Å². The van der Waals surface area contributed by atoms with Gasteiger partial charge in [0, 0.05) is 30.8 Å². The number of carbonyl (C=O) groups excluding carboxylic acids is 1. The van der Waals surface area contributed by atoms with Gasteiger partial charge in [0.15, 0.2) is 0 Å². The summed E-state index contributed by atoms with van der Waals surface area (Å²) in [5, 5.41) is 17.8. The molecule has 1 fully saturated rings. The van der Waals surface area contributed by atoms with Gasteiger partial charge in [0.2, 0.25) is 0 Å². The fourth-order valence-corrected chi connectivity index (χ4v) is 3.32. The molecule has 10 heteroatoms. The minimum absolute atomic E-state index is 0.0155. The Morgan fingerprint density at radius 2 is 1.92 bits per heavy atom. The third-order valence-electron chi connectivity index (χ3n) is 4.39. The summed E-state index contributed by atoms with van der Waals surface area (Å²) < 4.78 is 4.96. The maximum Gasteiger partial charge on any atom is 0.313 e. The van der Waals surface area contributed by atoms with Gasteiger partial charge in [-0.2, -0.15) is 0 Å². The molecular weight excluding hydrogens is 369 g/mol. The molecule has 5 N–H and O–H groups in total. The van der Waals surface area contributed by atoms with Crippen molar-refractivity contribution < 1.29 is 14.3 Å². The second-order valence-corrected chi connectivity index (χ2v) is 6.74. The zero-order chi connectivity index (χ0) is 18.1. The predicted molar refractivity (Wildman–Crippen MR) is 92.4 cm³/mol. The van der Waals surface area contributed by atoms with Crippen LogP contribution < -0.4 is 11.5 Å². The van der Waals surface area contributed by atoms with Gasteiger partial charge in [-0.3, -0.25) is 4.79 Å². The fourth-order valence-electron chi connectivity index (χ4n) is 2.99. The first-order valence-electron chi connectivity index (χ1n) is 7.68. The van der Waals surface area contributed by atoms with Crippen LogP contribution in [0.1, 0.15) is 35.1 Å². The van der Waals surface area contributed by atoms with Gasteiger partial charge in [0.1, 0.15) is 5.75 Å². The highest BCUT2D eigenvalue weighted by Crippen LogP contribution is 2.37. The maximum absolute atomic E-state index is 12.3. The van der Waals surface area contributed by atoms with E-state index in [0.29, 0.717) is 36.5 Å². The Labute approximate surface area is 153 Å². The Balaban J connectivity index is 1.66. The van der Waals surface area contributed by atoms with Crippen molar-refractivity contribution in [3.8, 4) is 5.75 Å². The third-order valence-corrected chi connectivity index (χ3v) is 5.11. The first-order chi connectivity index (χ1) is 11.9. The lowest BCUT2D eigenvalue weighted by Gasteiger charge is -2.34. The number of phenols is 1. The normalized spacial score (nSPS) is 16.8. The molecule has 2 aromatic rings. The highest BCUT2D eigenvalue weighted by atomic mass is 35.5. The molecule has 0 saturated carbocycles. The average molecular weight is 386 g/mol. The molecule has 3 rings (SSSR count). The van der Waals surface area contributed by atoms with Gasteiger partial charge in [-0.05, 0) is 24.8 Å². The number of amides is 1. The van der Waals surface area contributed by atoms with Crippen molar-refractivity contribution in [2.75, 3.05) is 18.8 Å². The summed E-state index contributed by atoms with van der Waals surface area (Å²) in [7, 11) is 0. The topological polar surface area (TPSA) is 132 Å². The Kier molecular flexibility index (Phi) is 5.03. The number of carbonyl (C=O) groups is 1. The van der Waals surface area contributed by atoms with E-state index < -0.39 is 6.04 Å². The van der Waals surface area contributed by atoms with Gasteiger partial charge in [-0.15, -0.1) is 5.10 Å². The number of phenolic OH excluding ortho intramolecular Hbond substituents is 1. The molecule has 1 atom stereocenters. The van der Waals surface area contributed by atoms with E-state index in [4.69, 9.17) is 39.1 Å². The van der Waals surface area contributed by atoms with Crippen LogP contribution in [0.15, 0.2) is 16.5 Å². The van der Waals surface area contributed by atoms with E-state index >= 15 is 0 Å². The Hall–Kier alpha value is -2.03. The molecule has 1 aromatic carbocycles. The quantitative estimate of drug-likeness (QED) is 0.737. The molecule has 2 heterocycles. The van der Waals surface area contributed by atoms with Crippen molar-refractivity contribution in [2.24, 2.45) is 11.7 Å². The van der Waals surface area contributed by atoms with E-state index in [0.717, 1.165) is 0 Å². The summed E-state index contributed by atoms with van der Waals surface area (Å²) in [6.45, 7) is 0.975. The number of nitrogens with two attached hydrogens (primary N) is 2. The van der Waals surface area contributed by atoms with Gasteiger partial charge < -0.3 is 25.9 Å². The number of hydrogen-bond acceptors (Lipinski definition) is 7. The molecule has 0 aliphatic carbocycles. The molecule has 1 saturated heterocycles. The summed E-state index contributed by atoms with van der Waals surface area (Å²) in [6, 6.07) is 2.42. The molecule has 1 aliphatic heterocycles. The average Bonchev–Trinajstić information content (AvgIpc) is 3.03. The smallest absolute Gasteiger partial charge is 0.313 e. The lowest BCUT2D eigenvalue weighted by Crippen LogP contribution is -2.41. The van der Waals surface area contributed by atoms with Gasteiger partial charge in [-0.25, -0.2) is 0 Å². The third kappa shape index (κ3) is 3.65. The van der Waals surface area contributed by atoms with Crippen LogP contribution in [0.5, 0.6) is 5.75 Å². The van der Waals surface area contributed by atoms with E-state index in [1.54, 1.807) is 11.0 Å². The number of anilines is 1. The van der Waals surface area contributed by atoms with E-state index in [2.05, 4.69) is 10.2 Å². The van der Waals surface area contributed by atoms with Crippen molar-refractivity contribution >= 4 is 35.1 Å². The standard InChI is InChI=1S/C15H17Cl2N5O3/c16-9-5-8(11(23)6-10(9)17)12(18)7-1-3-22(4-2-7)14(24)13-20-21-15(19)25-13/h5-7,12,23H,1-4,18H2,(H2,19,21)/t12-/m1/s1. The summed E-state index contributed by atoms with van der Waals surface area (Å²) in [5.41, 5.74) is 12.2. The molecule has 0 spiro atoms. The predicted octanol–water partition coefficient (Wildman–Crippen LogP) is 2.22. The second-order valence-electron chi connectivity index (χ2n) is 5.93. The van der Waals surface area contributed by atoms with Gasteiger partial charge in [0.25, 0.3) is 0 Å². The van der Waals surface area contributed by atoms with Crippen LogP contribution in [-0.4, -0.2) is 39.2 Å². The summed E-state index contributed by atoms with van der Waals surface area (Å²) in [5.74, 6) is -0.377. The van der Waals surface area contributed by atoms with E-state index in [1.165, 1.54) is 6.07 Å². The Morgan fingerprint density at radius 3 is 2.52 bits per heavy atom. The number of halogens is 2. The van der Waals surface area contributed by atoms with E-state index in [-0.39, 0.29) is 34.5 Å². The lowest BCUT2D eigenvalue weighted by atomic mass is 9.85. The number of rotatable bonds is 3. The molecule has 1 aromatic heterocycles. The molecule has 0 radical (unpaired) electrons. The molecule has 25 heavy (non-hydrogen) atoms. The zero-order valence-electron chi connectivity index (χ0n) is 13.2. The number of aromatic nitrogens is 2. The Bertz CT molecular complexity index is 789. The van der Waals surface area contributed by atoms with Crippen LogP contribution in [0.25, 0.3) is 0 Å². The van der Waals surface area contributed by atoms with Gasteiger partial charge >= 0.3 is 17.8 Å². The van der Waals surface area contributed by atoms with Crippen molar-refractivity contribution in [3.05, 3.63) is 33.6 Å². The molecule has 0 unspecified atom stereocenters. The van der Waals surface area contributed by atoms with E-state index in [1.807, 2.05) is 0 Å². The van der Waals surface area contributed by atoms with Crippen LogP contribution in [0, 0.1) is 5.92 Å². The van der Waals surface area contributed by atoms with Crippen LogP contribution in [0.2, 0.25) is 10.0 Å². The minimum atomic E-state index is -0.411. The summed E-state index contributed by atoms with van der Waals surface area (Å²) in [6.07, 6.45) is 1.33. The first-order valence-corrected chi connectivity index (χ1v) is 8.44. The van der Waals surface area contributed by atoms with Gasteiger partial charge in [-0.1, -0.05) is 28.3 Å². The molecule has 1 aliphatic rings. The van der Waals surface area contributed by atoms with Crippen LogP contribution in [0.3, 0.4) is 0 Å². The van der Waals surface area contributed by atoms with Crippen LogP contribution in [-0.2, 0) is 0 Å². The molecular formula is C15H17Cl2N5O3. The highest BCUT2D eigenvalue weighted by Gasteiger charge is 2.31. The second kappa shape index (κ2) is 7.07. The van der Waals surface area contributed by atoms with Crippen molar-refractivity contribution in [3.63, 3.8) is 0 Å². The fraction of sp³-hybridized carbons (Fsp3) is 0.400. The molecule has 0 bridgehead atoms. The number of hydrogen-bond donors (Lipinski definition) is 3. The first kappa shape index (κ1) is 17.8. The van der Waals surface area contributed by atoms with Crippen LogP contribution >= 0.6 is 23.2 Å². The van der Waals surface area contributed by atoms with Crippen molar-refractivity contribution in [1.82, 2.24) is 15.1 Å². The number of aromatic hydroxyl groups is 1. The Morgan fingerprint density at radius 1 is 1.28 bits per heavy atom. The lowest BCUT2D eigenvalue weighted by molar-refractivity contribution is 0.0638. The number of benzene rings is 1. The number of nitrogens with zero attached hydrogens (tertiary/aromatic N) is 3.